The van der Waals surface area contributed by atoms with Crippen molar-refractivity contribution in [3.63, 3.8) is 0 Å². The molecular weight excluding hydrogens is 243 g/mol. The molecule has 0 aliphatic heterocycles. The van der Waals surface area contributed by atoms with Gasteiger partial charge in [0.1, 0.15) is 5.82 Å². The first-order valence-electron chi connectivity index (χ1n) is 5.40. The fraction of sp³-hybridized carbons (Fsp3) is 0.417. The minimum atomic E-state index is -0.558. The first kappa shape index (κ1) is 13.9. The normalized spacial score (nSPS) is 12.6. The van der Waals surface area contributed by atoms with E-state index in [0.717, 1.165) is 0 Å². The van der Waals surface area contributed by atoms with Crippen LogP contribution in [-0.4, -0.2) is 11.9 Å². The van der Waals surface area contributed by atoms with E-state index in [1.54, 1.807) is 6.07 Å². The van der Waals surface area contributed by atoms with Gasteiger partial charge in [-0.1, -0.05) is 25.4 Å². The number of hydrogen-bond acceptors (Lipinski definition) is 2. The standard InChI is InChI=1S/C12H16ClFN2O/c1-7(2)11(15)6-12(17)16-8-3-4-9(13)10(14)5-8/h3-5,7,11H,6,15H2,1-2H3,(H,16,17). The summed E-state index contributed by atoms with van der Waals surface area (Å²) in [6, 6.07) is 3.92. The molecule has 0 bridgehead atoms. The van der Waals surface area contributed by atoms with Crippen molar-refractivity contribution < 1.29 is 9.18 Å². The molecule has 0 aromatic heterocycles. The molecule has 0 saturated carbocycles. The van der Waals surface area contributed by atoms with Crippen LogP contribution in [0.5, 0.6) is 0 Å². The summed E-state index contributed by atoms with van der Waals surface area (Å²) in [5, 5.41) is 2.61. The van der Waals surface area contributed by atoms with Gasteiger partial charge >= 0.3 is 0 Å². The number of hydrogen-bond donors (Lipinski definition) is 2. The summed E-state index contributed by atoms with van der Waals surface area (Å²) in [6.45, 7) is 3.89. The highest BCUT2D eigenvalue weighted by Crippen LogP contribution is 2.19. The predicted molar refractivity (Wildman–Crippen MR) is 67.5 cm³/mol. The van der Waals surface area contributed by atoms with Gasteiger partial charge in [-0.25, -0.2) is 4.39 Å². The van der Waals surface area contributed by atoms with Crippen LogP contribution in [0.25, 0.3) is 0 Å². The number of halogens is 2. The van der Waals surface area contributed by atoms with Crippen LogP contribution < -0.4 is 11.1 Å². The van der Waals surface area contributed by atoms with Crippen LogP contribution in [-0.2, 0) is 4.79 Å². The van der Waals surface area contributed by atoms with E-state index < -0.39 is 5.82 Å². The highest BCUT2D eigenvalue weighted by molar-refractivity contribution is 6.30. The number of anilines is 1. The van der Waals surface area contributed by atoms with Crippen LogP contribution in [0.3, 0.4) is 0 Å². The van der Waals surface area contributed by atoms with E-state index in [2.05, 4.69) is 5.32 Å². The summed E-state index contributed by atoms with van der Waals surface area (Å²) in [4.78, 5) is 11.6. The third-order valence-corrected chi connectivity index (χ3v) is 2.79. The SMILES string of the molecule is CC(C)C(N)CC(=O)Nc1ccc(Cl)c(F)c1. The molecule has 0 heterocycles. The molecule has 0 spiro atoms. The zero-order valence-electron chi connectivity index (χ0n) is 9.84. The van der Waals surface area contributed by atoms with Gasteiger partial charge in [0.25, 0.3) is 0 Å². The first-order chi connectivity index (χ1) is 7.90. The third kappa shape index (κ3) is 4.32. The van der Waals surface area contributed by atoms with E-state index in [1.807, 2.05) is 13.8 Å². The van der Waals surface area contributed by atoms with Crippen LogP contribution in [0.15, 0.2) is 18.2 Å². The smallest absolute Gasteiger partial charge is 0.225 e. The molecule has 1 unspecified atom stereocenters. The minimum Gasteiger partial charge on any atom is -0.327 e. The molecule has 1 atom stereocenters. The number of nitrogens with two attached hydrogens (primary N) is 1. The van der Waals surface area contributed by atoms with E-state index >= 15 is 0 Å². The van der Waals surface area contributed by atoms with Crippen LogP contribution in [0.2, 0.25) is 5.02 Å². The molecule has 1 rings (SSSR count). The van der Waals surface area contributed by atoms with Crippen molar-refractivity contribution in [1.29, 1.82) is 0 Å². The molecule has 5 heteroatoms. The Kier molecular flexibility index (Phi) is 4.90. The zero-order valence-corrected chi connectivity index (χ0v) is 10.6. The zero-order chi connectivity index (χ0) is 13.0. The van der Waals surface area contributed by atoms with Gasteiger partial charge in [-0.05, 0) is 24.1 Å². The molecule has 0 fully saturated rings. The summed E-state index contributed by atoms with van der Waals surface area (Å²) in [7, 11) is 0. The number of benzene rings is 1. The number of nitrogens with one attached hydrogen (secondary N) is 1. The topological polar surface area (TPSA) is 55.1 Å². The summed E-state index contributed by atoms with van der Waals surface area (Å²) in [5.74, 6) is -0.562. The van der Waals surface area contributed by atoms with E-state index in [1.165, 1.54) is 12.1 Å². The quantitative estimate of drug-likeness (QED) is 0.873. The average molecular weight is 259 g/mol. The Morgan fingerprint density at radius 3 is 2.71 bits per heavy atom. The Morgan fingerprint density at radius 2 is 2.18 bits per heavy atom. The molecule has 3 N–H and O–H groups in total. The van der Waals surface area contributed by atoms with Gasteiger partial charge in [0, 0.05) is 18.2 Å². The van der Waals surface area contributed by atoms with E-state index in [-0.39, 0.29) is 29.3 Å². The highest BCUT2D eigenvalue weighted by atomic mass is 35.5. The molecule has 1 aromatic carbocycles. The Bertz CT molecular complexity index is 409. The van der Waals surface area contributed by atoms with Gasteiger partial charge in [-0.15, -0.1) is 0 Å². The van der Waals surface area contributed by atoms with Crippen molar-refractivity contribution >= 4 is 23.2 Å². The molecule has 3 nitrogen and oxygen atoms in total. The highest BCUT2D eigenvalue weighted by Gasteiger charge is 2.13. The van der Waals surface area contributed by atoms with Crippen molar-refractivity contribution in [1.82, 2.24) is 0 Å². The van der Waals surface area contributed by atoms with Gasteiger partial charge < -0.3 is 11.1 Å². The second kappa shape index (κ2) is 5.98. The van der Waals surface area contributed by atoms with E-state index in [9.17, 15) is 9.18 Å². The Morgan fingerprint density at radius 1 is 1.53 bits per heavy atom. The predicted octanol–water partition coefficient (Wildman–Crippen LogP) is 2.79. The van der Waals surface area contributed by atoms with Gasteiger partial charge in [-0.2, -0.15) is 0 Å². The van der Waals surface area contributed by atoms with Crippen molar-refractivity contribution in [2.24, 2.45) is 11.7 Å². The largest absolute Gasteiger partial charge is 0.327 e. The third-order valence-electron chi connectivity index (χ3n) is 2.48. The fourth-order valence-electron chi connectivity index (χ4n) is 1.24. The number of carbonyl (C=O) groups is 1. The van der Waals surface area contributed by atoms with Gasteiger partial charge in [0.2, 0.25) is 5.91 Å². The lowest BCUT2D eigenvalue weighted by atomic mass is 10.0. The van der Waals surface area contributed by atoms with E-state index in [0.29, 0.717) is 5.69 Å². The lowest BCUT2D eigenvalue weighted by molar-refractivity contribution is -0.116. The van der Waals surface area contributed by atoms with Crippen molar-refractivity contribution in [2.75, 3.05) is 5.32 Å². The number of rotatable bonds is 4. The fourth-order valence-corrected chi connectivity index (χ4v) is 1.35. The van der Waals surface area contributed by atoms with Crippen molar-refractivity contribution in [3.05, 3.63) is 29.0 Å². The van der Waals surface area contributed by atoms with Crippen molar-refractivity contribution in [3.8, 4) is 0 Å². The molecule has 0 aliphatic rings. The molecule has 94 valence electrons. The second-order valence-electron chi connectivity index (χ2n) is 4.29. The first-order valence-corrected chi connectivity index (χ1v) is 5.78. The molecule has 0 saturated heterocycles. The van der Waals surface area contributed by atoms with Gasteiger partial charge in [-0.3, -0.25) is 4.79 Å². The molecule has 0 radical (unpaired) electrons. The van der Waals surface area contributed by atoms with Crippen LogP contribution in [0.4, 0.5) is 10.1 Å². The molecule has 1 amide bonds. The average Bonchev–Trinajstić information content (AvgIpc) is 2.23. The minimum absolute atomic E-state index is 0.0295. The maximum atomic E-state index is 13.1. The summed E-state index contributed by atoms with van der Waals surface area (Å²) < 4.78 is 13.1. The summed E-state index contributed by atoms with van der Waals surface area (Å²) in [5.41, 5.74) is 6.15. The van der Waals surface area contributed by atoms with Crippen LogP contribution in [0.1, 0.15) is 20.3 Å². The Hall–Kier alpha value is -1.13. The maximum Gasteiger partial charge on any atom is 0.225 e. The van der Waals surface area contributed by atoms with E-state index in [4.69, 9.17) is 17.3 Å². The summed E-state index contributed by atoms with van der Waals surface area (Å²) in [6.07, 6.45) is 0.210. The molecule has 17 heavy (non-hydrogen) atoms. The van der Waals surface area contributed by atoms with Crippen LogP contribution >= 0.6 is 11.6 Å². The molecule has 1 aromatic rings. The van der Waals surface area contributed by atoms with Crippen molar-refractivity contribution in [2.45, 2.75) is 26.3 Å². The second-order valence-corrected chi connectivity index (χ2v) is 4.70. The summed E-state index contributed by atoms with van der Waals surface area (Å²) >= 11 is 5.54. The molecular formula is C12H16ClFN2O. The van der Waals surface area contributed by atoms with Crippen LogP contribution in [0, 0.1) is 11.7 Å². The number of carbonyl (C=O) groups excluding carboxylic acids is 1. The molecule has 0 aliphatic carbocycles. The maximum absolute atomic E-state index is 13.1. The lowest BCUT2D eigenvalue weighted by Gasteiger charge is -2.15. The Balaban J connectivity index is 2.59. The monoisotopic (exact) mass is 258 g/mol. The number of amides is 1. The van der Waals surface area contributed by atoms with Gasteiger partial charge in [0.05, 0.1) is 5.02 Å². The van der Waals surface area contributed by atoms with Gasteiger partial charge in [0.15, 0.2) is 0 Å². The lowest BCUT2D eigenvalue weighted by Crippen LogP contribution is -2.31. The Labute approximate surface area is 105 Å².